The highest BCUT2D eigenvalue weighted by atomic mass is 35.6. The SMILES string of the molecule is CCOC(=O)CCCCC/C(=C/C(=O)C(Cl)(Cl)Cl)OC. The molecule has 0 bridgehead atoms. The van der Waals surface area contributed by atoms with Gasteiger partial charge in [0.15, 0.2) is 0 Å². The number of rotatable bonds is 9. The summed E-state index contributed by atoms with van der Waals surface area (Å²) in [6.07, 6.45) is 4.46. The molecule has 0 amide bonds. The number of allylic oxidation sites excluding steroid dienone is 2. The largest absolute Gasteiger partial charge is 0.501 e. The minimum atomic E-state index is -1.96. The number of carbonyl (C=O) groups excluding carboxylic acids is 2. The van der Waals surface area contributed by atoms with Crippen molar-refractivity contribution in [3.63, 3.8) is 0 Å². The van der Waals surface area contributed by atoms with Crippen molar-refractivity contribution in [3.05, 3.63) is 11.8 Å². The zero-order chi connectivity index (χ0) is 15.6. The van der Waals surface area contributed by atoms with Crippen LogP contribution in [0.4, 0.5) is 0 Å². The third-order valence-electron chi connectivity index (χ3n) is 2.44. The van der Waals surface area contributed by atoms with Gasteiger partial charge in [0.2, 0.25) is 5.78 Å². The van der Waals surface area contributed by atoms with Crippen molar-refractivity contribution in [2.75, 3.05) is 13.7 Å². The average Bonchev–Trinajstić information content (AvgIpc) is 2.35. The smallest absolute Gasteiger partial charge is 0.305 e. The number of methoxy groups -OCH3 is 1. The summed E-state index contributed by atoms with van der Waals surface area (Å²) < 4.78 is 7.91. The average molecular weight is 346 g/mol. The number of hydrogen-bond donors (Lipinski definition) is 0. The maximum atomic E-state index is 11.5. The van der Waals surface area contributed by atoms with Gasteiger partial charge in [-0.2, -0.15) is 0 Å². The maximum absolute atomic E-state index is 11.5. The van der Waals surface area contributed by atoms with Gasteiger partial charge in [-0.1, -0.05) is 41.2 Å². The van der Waals surface area contributed by atoms with E-state index < -0.39 is 9.58 Å². The normalized spacial score (nSPS) is 12.2. The van der Waals surface area contributed by atoms with Gasteiger partial charge in [-0.25, -0.2) is 0 Å². The summed E-state index contributed by atoms with van der Waals surface area (Å²) in [7, 11) is 1.45. The third-order valence-corrected chi connectivity index (χ3v) is 3.00. The molecule has 0 N–H and O–H groups in total. The number of hydrogen-bond acceptors (Lipinski definition) is 4. The lowest BCUT2D eigenvalue weighted by Gasteiger charge is -2.09. The summed E-state index contributed by atoms with van der Waals surface area (Å²) in [5, 5.41) is 0. The molecule has 4 nitrogen and oxygen atoms in total. The first-order chi connectivity index (χ1) is 9.31. The molecule has 0 aliphatic rings. The van der Waals surface area contributed by atoms with Crippen LogP contribution in [0, 0.1) is 0 Å². The summed E-state index contributed by atoms with van der Waals surface area (Å²) in [5.74, 6) is -0.371. The standard InChI is InChI=1S/C13H19Cl3O4/c1-3-20-12(18)8-6-4-5-7-10(19-2)9-11(17)13(14,15)16/h9H,3-8H2,1-2H3/b10-9-. The molecule has 116 valence electrons. The molecule has 0 aromatic rings. The molecule has 0 heterocycles. The van der Waals surface area contributed by atoms with Crippen LogP contribution < -0.4 is 0 Å². The summed E-state index contributed by atoms with van der Waals surface area (Å²) in [6, 6.07) is 0. The molecule has 0 radical (unpaired) electrons. The van der Waals surface area contributed by atoms with Crippen molar-refractivity contribution in [2.24, 2.45) is 0 Å². The zero-order valence-corrected chi connectivity index (χ0v) is 13.9. The van der Waals surface area contributed by atoms with Gasteiger partial charge in [0.05, 0.1) is 19.5 Å². The van der Waals surface area contributed by atoms with Gasteiger partial charge in [-0.05, 0) is 19.8 Å². The van der Waals surface area contributed by atoms with E-state index in [9.17, 15) is 9.59 Å². The molecule has 0 unspecified atom stereocenters. The maximum Gasteiger partial charge on any atom is 0.305 e. The quantitative estimate of drug-likeness (QED) is 0.209. The van der Waals surface area contributed by atoms with E-state index in [2.05, 4.69) is 0 Å². The lowest BCUT2D eigenvalue weighted by atomic mass is 10.1. The minimum absolute atomic E-state index is 0.193. The van der Waals surface area contributed by atoms with Crippen molar-refractivity contribution in [1.82, 2.24) is 0 Å². The van der Waals surface area contributed by atoms with Crippen LogP contribution in [-0.4, -0.2) is 29.3 Å². The van der Waals surface area contributed by atoms with Crippen LogP contribution in [0.2, 0.25) is 0 Å². The Morgan fingerprint density at radius 3 is 2.20 bits per heavy atom. The van der Waals surface area contributed by atoms with Crippen LogP contribution in [0.3, 0.4) is 0 Å². The Kier molecular flexibility index (Phi) is 10.1. The van der Waals surface area contributed by atoms with Crippen molar-refractivity contribution < 1.29 is 19.1 Å². The van der Waals surface area contributed by atoms with Gasteiger partial charge < -0.3 is 9.47 Å². The molecule has 0 saturated carbocycles. The predicted octanol–water partition coefficient (Wildman–Crippen LogP) is 3.97. The lowest BCUT2D eigenvalue weighted by molar-refractivity contribution is -0.143. The van der Waals surface area contributed by atoms with Crippen LogP contribution in [0.25, 0.3) is 0 Å². The highest BCUT2D eigenvalue weighted by molar-refractivity contribution is 6.77. The monoisotopic (exact) mass is 344 g/mol. The first-order valence-corrected chi connectivity index (χ1v) is 7.46. The van der Waals surface area contributed by atoms with Crippen LogP contribution in [0.1, 0.15) is 39.0 Å². The van der Waals surface area contributed by atoms with E-state index in [1.807, 2.05) is 0 Å². The highest BCUT2D eigenvalue weighted by Crippen LogP contribution is 2.28. The van der Waals surface area contributed by atoms with Crippen LogP contribution in [0.5, 0.6) is 0 Å². The number of carbonyl (C=O) groups is 2. The number of ketones is 1. The summed E-state index contributed by atoms with van der Waals surface area (Å²) in [4.78, 5) is 22.6. The lowest BCUT2D eigenvalue weighted by Crippen LogP contribution is -2.16. The van der Waals surface area contributed by atoms with E-state index in [0.717, 1.165) is 19.3 Å². The van der Waals surface area contributed by atoms with Crippen molar-refractivity contribution in [2.45, 2.75) is 42.8 Å². The molecule has 7 heteroatoms. The summed E-state index contributed by atoms with van der Waals surface area (Å²) in [6.45, 7) is 2.17. The number of esters is 1. The van der Waals surface area contributed by atoms with Gasteiger partial charge in [0, 0.05) is 18.9 Å². The van der Waals surface area contributed by atoms with Crippen molar-refractivity contribution in [1.29, 1.82) is 0 Å². The summed E-state index contributed by atoms with van der Waals surface area (Å²) >= 11 is 16.4. The van der Waals surface area contributed by atoms with E-state index in [1.165, 1.54) is 13.2 Å². The Morgan fingerprint density at radius 1 is 1.10 bits per heavy atom. The molecule has 0 aliphatic carbocycles. The first-order valence-electron chi connectivity index (χ1n) is 6.32. The number of ether oxygens (including phenoxy) is 2. The van der Waals surface area contributed by atoms with Crippen LogP contribution in [0.15, 0.2) is 11.8 Å². The third kappa shape index (κ3) is 9.45. The molecular formula is C13H19Cl3O4. The van der Waals surface area contributed by atoms with E-state index in [1.54, 1.807) is 6.92 Å². The van der Waals surface area contributed by atoms with Crippen LogP contribution >= 0.6 is 34.8 Å². The highest BCUT2D eigenvalue weighted by Gasteiger charge is 2.28. The van der Waals surface area contributed by atoms with E-state index >= 15 is 0 Å². The molecule has 0 atom stereocenters. The molecule has 0 rings (SSSR count). The Hall–Kier alpha value is -0.450. The van der Waals surface area contributed by atoms with Gasteiger partial charge in [0.1, 0.15) is 0 Å². The fourth-order valence-electron chi connectivity index (χ4n) is 1.44. The molecule has 0 aromatic carbocycles. The second-order valence-electron chi connectivity index (χ2n) is 4.04. The number of unbranched alkanes of at least 4 members (excludes halogenated alkanes) is 2. The molecule has 0 aliphatic heterocycles. The topological polar surface area (TPSA) is 52.6 Å². The van der Waals surface area contributed by atoms with Gasteiger partial charge in [-0.15, -0.1) is 0 Å². The Labute approximate surface area is 134 Å². The van der Waals surface area contributed by atoms with Crippen molar-refractivity contribution in [3.8, 4) is 0 Å². The molecule has 0 saturated heterocycles. The first kappa shape index (κ1) is 19.6. The predicted molar refractivity (Wildman–Crippen MR) is 80.1 cm³/mol. The van der Waals surface area contributed by atoms with Crippen molar-refractivity contribution >= 4 is 46.6 Å². The number of alkyl halides is 3. The molecule has 20 heavy (non-hydrogen) atoms. The Balaban J connectivity index is 4.00. The minimum Gasteiger partial charge on any atom is -0.501 e. The fraction of sp³-hybridized carbons (Fsp3) is 0.692. The van der Waals surface area contributed by atoms with E-state index in [4.69, 9.17) is 44.3 Å². The molecule has 0 aromatic heterocycles. The Morgan fingerprint density at radius 2 is 1.70 bits per heavy atom. The fourth-order valence-corrected chi connectivity index (χ4v) is 1.60. The molecule has 0 fully saturated rings. The van der Waals surface area contributed by atoms with E-state index in [-0.39, 0.29) is 5.97 Å². The van der Waals surface area contributed by atoms with Gasteiger partial charge in [0.25, 0.3) is 3.79 Å². The van der Waals surface area contributed by atoms with Crippen LogP contribution in [-0.2, 0) is 19.1 Å². The molecular weight excluding hydrogens is 326 g/mol. The second kappa shape index (κ2) is 10.3. The summed E-state index contributed by atoms with van der Waals surface area (Å²) in [5.41, 5.74) is 0. The van der Waals surface area contributed by atoms with E-state index in [0.29, 0.717) is 25.2 Å². The second-order valence-corrected chi connectivity index (χ2v) is 6.32. The molecule has 0 spiro atoms. The van der Waals surface area contributed by atoms with Gasteiger partial charge in [-0.3, -0.25) is 9.59 Å². The number of halogens is 3. The zero-order valence-electron chi connectivity index (χ0n) is 11.6. The van der Waals surface area contributed by atoms with Gasteiger partial charge >= 0.3 is 5.97 Å². The Bertz CT molecular complexity index is 348.